The van der Waals surface area contributed by atoms with E-state index in [1.807, 2.05) is 36.1 Å². The molecule has 0 radical (unpaired) electrons. The second-order valence-electron chi connectivity index (χ2n) is 6.95. The molecule has 0 unspecified atom stereocenters. The number of ether oxygens (including phenoxy) is 1. The lowest BCUT2D eigenvalue weighted by Gasteiger charge is -2.38. The maximum atomic E-state index is 13.1. The lowest BCUT2D eigenvalue weighted by molar-refractivity contribution is -0.000187. The number of carbonyl (C=O) groups excluding carboxylic acids is 1. The number of hydrogen-bond donors (Lipinski definition) is 0. The standard InChI is InChI=1S/C19H23NO3/c1-13-15-5-3-4-6-16(15)23-17(13)18(21)20-10-7-19(14(20)2)8-11-22-12-9-19/h3-6,14H,7-12H2,1-2H3/t14-/m0/s1. The largest absolute Gasteiger partial charge is 0.451 e. The third-order valence-electron chi connectivity index (χ3n) is 5.99. The van der Waals surface area contributed by atoms with Crippen LogP contribution in [0.1, 0.15) is 42.3 Å². The SMILES string of the molecule is Cc1c(C(=O)N2CCC3(CCOCC3)[C@@H]2C)oc2ccccc12. The van der Waals surface area contributed by atoms with E-state index in [0.717, 1.165) is 55.6 Å². The van der Waals surface area contributed by atoms with Crippen molar-refractivity contribution >= 4 is 16.9 Å². The minimum atomic E-state index is 0.0366. The first-order valence-corrected chi connectivity index (χ1v) is 8.49. The normalized spacial score (nSPS) is 23.7. The molecule has 1 amide bonds. The summed E-state index contributed by atoms with van der Waals surface area (Å²) in [5.41, 5.74) is 1.97. The topological polar surface area (TPSA) is 42.7 Å². The van der Waals surface area contributed by atoms with Gasteiger partial charge in [0.1, 0.15) is 5.58 Å². The van der Waals surface area contributed by atoms with Crippen LogP contribution in [0.15, 0.2) is 28.7 Å². The van der Waals surface area contributed by atoms with Gasteiger partial charge in [-0.1, -0.05) is 18.2 Å². The minimum Gasteiger partial charge on any atom is -0.451 e. The quantitative estimate of drug-likeness (QED) is 0.805. The van der Waals surface area contributed by atoms with Crippen molar-refractivity contribution in [3.05, 3.63) is 35.6 Å². The molecule has 122 valence electrons. The van der Waals surface area contributed by atoms with Gasteiger partial charge in [0.15, 0.2) is 5.76 Å². The Hall–Kier alpha value is -1.81. The van der Waals surface area contributed by atoms with Crippen LogP contribution in [0, 0.1) is 12.3 Å². The summed E-state index contributed by atoms with van der Waals surface area (Å²) in [6.07, 6.45) is 3.18. The van der Waals surface area contributed by atoms with Crippen molar-refractivity contribution < 1.29 is 13.9 Å². The maximum Gasteiger partial charge on any atom is 0.290 e. The highest BCUT2D eigenvalue weighted by Crippen LogP contribution is 2.45. The van der Waals surface area contributed by atoms with Crippen LogP contribution in [0.5, 0.6) is 0 Å². The Bertz CT molecular complexity index is 742. The second kappa shape index (κ2) is 5.38. The Kier molecular flexibility index (Phi) is 3.45. The highest BCUT2D eigenvalue weighted by molar-refractivity contribution is 5.99. The Morgan fingerprint density at radius 1 is 1.22 bits per heavy atom. The molecule has 4 heteroatoms. The summed E-state index contributed by atoms with van der Waals surface area (Å²) in [4.78, 5) is 15.1. The zero-order valence-electron chi connectivity index (χ0n) is 13.8. The first-order valence-electron chi connectivity index (χ1n) is 8.49. The zero-order chi connectivity index (χ0) is 16.0. The van der Waals surface area contributed by atoms with Crippen molar-refractivity contribution in [2.45, 2.75) is 39.2 Å². The predicted molar refractivity (Wildman–Crippen MR) is 88.6 cm³/mol. The van der Waals surface area contributed by atoms with E-state index in [-0.39, 0.29) is 17.4 Å². The summed E-state index contributed by atoms with van der Waals surface area (Å²) in [7, 11) is 0. The number of para-hydroxylation sites is 1. The molecule has 0 aliphatic carbocycles. The number of furan rings is 1. The van der Waals surface area contributed by atoms with Crippen LogP contribution in [-0.4, -0.2) is 36.6 Å². The maximum absolute atomic E-state index is 13.1. The van der Waals surface area contributed by atoms with Crippen molar-refractivity contribution in [3.8, 4) is 0 Å². The third-order valence-corrected chi connectivity index (χ3v) is 5.99. The lowest BCUT2D eigenvalue weighted by Crippen LogP contribution is -2.43. The minimum absolute atomic E-state index is 0.0366. The van der Waals surface area contributed by atoms with E-state index in [1.165, 1.54) is 0 Å². The molecule has 4 rings (SSSR count). The van der Waals surface area contributed by atoms with Crippen LogP contribution in [-0.2, 0) is 4.74 Å². The number of nitrogens with zero attached hydrogens (tertiary/aromatic N) is 1. The molecule has 2 aliphatic rings. The Morgan fingerprint density at radius 2 is 1.96 bits per heavy atom. The molecule has 2 aliphatic heterocycles. The van der Waals surface area contributed by atoms with Gasteiger partial charge in [-0.3, -0.25) is 4.79 Å². The van der Waals surface area contributed by atoms with Gasteiger partial charge in [0.25, 0.3) is 5.91 Å². The molecular formula is C19H23NO3. The fourth-order valence-corrected chi connectivity index (χ4v) is 4.31. The van der Waals surface area contributed by atoms with E-state index in [4.69, 9.17) is 9.15 Å². The van der Waals surface area contributed by atoms with Crippen molar-refractivity contribution in [1.29, 1.82) is 0 Å². The summed E-state index contributed by atoms with van der Waals surface area (Å²) in [5.74, 6) is 0.539. The molecule has 1 aromatic heterocycles. The third kappa shape index (κ3) is 2.19. The summed E-state index contributed by atoms with van der Waals surface area (Å²) < 4.78 is 11.4. The fourth-order valence-electron chi connectivity index (χ4n) is 4.31. The van der Waals surface area contributed by atoms with Gasteiger partial charge in [0.2, 0.25) is 0 Å². The Morgan fingerprint density at radius 3 is 2.70 bits per heavy atom. The van der Waals surface area contributed by atoms with E-state index >= 15 is 0 Å². The van der Waals surface area contributed by atoms with Gasteiger partial charge >= 0.3 is 0 Å². The number of carbonyl (C=O) groups is 1. The predicted octanol–water partition coefficient (Wildman–Crippen LogP) is 3.77. The van der Waals surface area contributed by atoms with Crippen molar-refractivity contribution in [1.82, 2.24) is 4.90 Å². The van der Waals surface area contributed by atoms with Crippen LogP contribution in [0.25, 0.3) is 11.0 Å². The first-order chi connectivity index (χ1) is 11.1. The van der Waals surface area contributed by atoms with Gasteiger partial charge in [-0.2, -0.15) is 0 Å². The number of amides is 1. The smallest absolute Gasteiger partial charge is 0.290 e. The van der Waals surface area contributed by atoms with E-state index in [2.05, 4.69) is 6.92 Å². The van der Waals surface area contributed by atoms with Gasteiger partial charge in [0, 0.05) is 36.8 Å². The molecule has 23 heavy (non-hydrogen) atoms. The molecule has 2 aromatic rings. The van der Waals surface area contributed by atoms with Crippen molar-refractivity contribution in [2.75, 3.05) is 19.8 Å². The second-order valence-corrected chi connectivity index (χ2v) is 6.95. The van der Waals surface area contributed by atoms with Crippen LogP contribution < -0.4 is 0 Å². The van der Waals surface area contributed by atoms with Gasteiger partial charge < -0.3 is 14.1 Å². The van der Waals surface area contributed by atoms with Gasteiger partial charge in [0.05, 0.1) is 0 Å². The summed E-state index contributed by atoms with van der Waals surface area (Å²) in [6.45, 7) is 6.61. The number of hydrogen-bond acceptors (Lipinski definition) is 3. The van der Waals surface area contributed by atoms with Crippen LogP contribution in [0.2, 0.25) is 0 Å². The van der Waals surface area contributed by atoms with E-state index in [9.17, 15) is 4.79 Å². The summed E-state index contributed by atoms with van der Waals surface area (Å²) in [5, 5.41) is 1.03. The molecule has 0 bridgehead atoms. The molecule has 4 nitrogen and oxygen atoms in total. The number of fused-ring (bicyclic) bond motifs is 1. The highest BCUT2D eigenvalue weighted by atomic mass is 16.5. The molecule has 1 atom stereocenters. The van der Waals surface area contributed by atoms with Crippen LogP contribution in [0.3, 0.4) is 0 Å². The molecule has 0 N–H and O–H groups in total. The zero-order valence-corrected chi connectivity index (χ0v) is 13.8. The molecular weight excluding hydrogens is 290 g/mol. The average Bonchev–Trinajstić information content (AvgIpc) is 3.07. The average molecular weight is 313 g/mol. The molecule has 3 heterocycles. The van der Waals surface area contributed by atoms with E-state index < -0.39 is 0 Å². The summed E-state index contributed by atoms with van der Waals surface area (Å²) in [6, 6.07) is 8.10. The first kappa shape index (κ1) is 14.8. The number of benzene rings is 1. The molecule has 1 aromatic carbocycles. The molecule has 0 saturated carbocycles. The number of likely N-dealkylation sites (tertiary alicyclic amines) is 1. The van der Waals surface area contributed by atoms with Gasteiger partial charge in [-0.15, -0.1) is 0 Å². The van der Waals surface area contributed by atoms with Crippen molar-refractivity contribution in [3.63, 3.8) is 0 Å². The Labute approximate surface area is 136 Å². The van der Waals surface area contributed by atoms with Gasteiger partial charge in [-0.25, -0.2) is 0 Å². The number of aryl methyl sites for hydroxylation is 1. The van der Waals surface area contributed by atoms with Crippen LogP contribution in [0.4, 0.5) is 0 Å². The monoisotopic (exact) mass is 313 g/mol. The molecule has 2 fully saturated rings. The van der Waals surface area contributed by atoms with Crippen molar-refractivity contribution in [2.24, 2.45) is 5.41 Å². The Balaban J connectivity index is 1.65. The van der Waals surface area contributed by atoms with Crippen LogP contribution >= 0.6 is 0 Å². The van der Waals surface area contributed by atoms with Gasteiger partial charge in [-0.05, 0) is 44.6 Å². The lowest BCUT2D eigenvalue weighted by atomic mass is 9.74. The summed E-state index contributed by atoms with van der Waals surface area (Å²) >= 11 is 0. The molecule has 2 saturated heterocycles. The highest BCUT2D eigenvalue weighted by Gasteiger charge is 2.47. The number of rotatable bonds is 1. The molecule has 1 spiro atoms. The fraction of sp³-hybridized carbons (Fsp3) is 0.526. The van der Waals surface area contributed by atoms with E-state index in [1.54, 1.807) is 0 Å². The van der Waals surface area contributed by atoms with E-state index in [0.29, 0.717) is 5.76 Å².